The number of anilines is 2. The Hall–Kier alpha value is -1.88. The van der Waals surface area contributed by atoms with E-state index < -0.39 is 0 Å². The van der Waals surface area contributed by atoms with Crippen LogP contribution in [0.2, 0.25) is 0 Å². The van der Waals surface area contributed by atoms with Crippen LogP contribution in [0.1, 0.15) is 27.9 Å². The van der Waals surface area contributed by atoms with Gasteiger partial charge in [0.25, 0.3) is 0 Å². The minimum Gasteiger partial charge on any atom is -0.465 e. The molecule has 0 fully saturated rings. The summed E-state index contributed by atoms with van der Waals surface area (Å²) in [5, 5.41) is 3.97. The van der Waals surface area contributed by atoms with Gasteiger partial charge in [-0.05, 0) is 25.0 Å². The van der Waals surface area contributed by atoms with Crippen molar-refractivity contribution in [3.8, 4) is 0 Å². The molecule has 100 valence electrons. The number of thiazole rings is 1. The maximum absolute atomic E-state index is 11.5. The second-order valence-electron chi connectivity index (χ2n) is 4.06. The molecule has 1 heterocycles. The first kappa shape index (κ1) is 13.5. The number of ether oxygens (including phenoxy) is 1. The van der Waals surface area contributed by atoms with Crippen molar-refractivity contribution in [2.45, 2.75) is 20.3 Å². The molecule has 1 aromatic heterocycles. The van der Waals surface area contributed by atoms with Crippen molar-refractivity contribution >= 4 is 28.1 Å². The molecule has 0 spiro atoms. The molecular weight excluding hydrogens is 260 g/mol. The van der Waals surface area contributed by atoms with Crippen LogP contribution in [0.25, 0.3) is 0 Å². The molecule has 0 bridgehead atoms. The number of hydrogen-bond donors (Lipinski definition) is 1. The van der Waals surface area contributed by atoms with Crippen LogP contribution in [0.3, 0.4) is 0 Å². The summed E-state index contributed by atoms with van der Waals surface area (Å²) in [5.74, 6) is -0.341. The first-order valence-electron chi connectivity index (χ1n) is 6.06. The molecule has 4 nitrogen and oxygen atoms in total. The predicted molar refractivity (Wildman–Crippen MR) is 77.3 cm³/mol. The van der Waals surface area contributed by atoms with E-state index in [9.17, 15) is 4.79 Å². The van der Waals surface area contributed by atoms with Gasteiger partial charge in [-0.2, -0.15) is 0 Å². The molecule has 0 atom stereocenters. The fraction of sp³-hybridized carbons (Fsp3) is 0.286. The van der Waals surface area contributed by atoms with Crippen molar-refractivity contribution in [3.05, 3.63) is 40.4 Å². The van der Waals surface area contributed by atoms with Crippen molar-refractivity contribution in [3.63, 3.8) is 0 Å². The van der Waals surface area contributed by atoms with Crippen LogP contribution in [-0.4, -0.2) is 18.1 Å². The number of aromatic nitrogens is 1. The smallest absolute Gasteiger partial charge is 0.350 e. The molecule has 2 aromatic rings. The van der Waals surface area contributed by atoms with Gasteiger partial charge in [0.05, 0.1) is 12.8 Å². The lowest BCUT2D eigenvalue weighted by Gasteiger charge is -2.07. The average molecular weight is 276 g/mol. The van der Waals surface area contributed by atoms with Crippen LogP contribution in [0, 0.1) is 6.92 Å². The Labute approximate surface area is 116 Å². The van der Waals surface area contributed by atoms with Gasteiger partial charge in [0.15, 0.2) is 5.13 Å². The van der Waals surface area contributed by atoms with Crippen LogP contribution in [0.5, 0.6) is 0 Å². The Kier molecular flexibility index (Phi) is 4.16. The number of carbonyl (C=O) groups excluding carboxylic acids is 1. The highest BCUT2D eigenvalue weighted by Crippen LogP contribution is 2.27. The molecule has 0 aliphatic heterocycles. The third kappa shape index (κ3) is 2.93. The standard InChI is InChI=1S/C14H16N2O2S/c1-4-10-7-5-6-8-11(10)16-14-15-9(2)12(19-14)13(17)18-3/h5-8H,4H2,1-3H3,(H,15,16). The van der Waals surface area contributed by atoms with E-state index in [1.165, 1.54) is 24.0 Å². The Morgan fingerprint density at radius 1 is 1.42 bits per heavy atom. The Balaban J connectivity index is 2.27. The summed E-state index contributed by atoms with van der Waals surface area (Å²) in [7, 11) is 1.38. The van der Waals surface area contributed by atoms with Gasteiger partial charge in [-0.3, -0.25) is 0 Å². The van der Waals surface area contributed by atoms with E-state index in [0.29, 0.717) is 15.7 Å². The Bertz CT molecular complexity index is 593. The molecule has 0 radical (unpaired) electrons. The number of nitrogens with one attached hydrogen (secondary N) is 1. The van der Waals surface area contributed by atoms with E-state index >= 15 is 0 Å². The van der Waals surface area contributed by atoms with Crippen molar-refractivity contribution < 1.29 is 9.53 Å². The van der Waals surface area contributed by atoms with E-state index in [0.717, 1.165) is 12.1 Å². The highest BCUT2D eigenvalue weighted by Gasteiger charge is 2.15. The SMILES string of the molecule is CCc1ccccc1Nc1nc(C)c(C(=O)OC)s1. The summed E-state index contributed by atoms with van der Waals surface area (Å²) in [4.78, 5) is 16.4. The number of aryl methyl sites for hydroxylation is 2. The molecule has 0 unspecified atom stereocenters. The first-order valence-corrected chi connectivity index (χ1v) is 6.88. The number of hydrogen-bond acceptors (Lipinski definition) is 5. The van der Waals surface area contributed by atoms with Crippen molar-refractivity contribution in [2.75, 3.05) is 12.4 Å². The fourth-order valence-corrected chi connectivity index (χ4v) is 2.69. The summed E-state index contributed by atoms with van der Waals surface area (Å²) >= 11 is 1.31. The van der Waals surface area contributed by atoms with Crippen molar-refractivity contribution in [1.29, 1.82) is 0 Å². The second-order valence-corrected chi connectivity index (χ2v) is 5.06. The lowest BCUT2D eigenvalue weighted by Crippen LogP contribution is -1.99. The van der Waals surface area contributed by atoms with Crippen LogP contribution >= 0.6 is 11.3 Å². The minimum absolute atomic E-state index is 0.341. The van der Waals surface area contributed by atoms with Gasteiger partial charge in [-0.25, -0.2) is 9.78 Å². The van der Waals surface area contributed by atoms with E-state index in [-0.39, 0.29) is 5.97 Å². The zero-order valence-electron chi connectivity index (χ0n) is 11.2. The second kappa shape index (κ2) is 5.84. The number of methoxy groups -OCH3 is 1. The van der Waals surface area contributed by atoms with Crippen molar-refractivity contribution in [2.24, 2.45) is 0 Å². The molecule has 5 heteroatoms. The topological polar surface area (TPSA) is 51.2 Å². The van der Waals surface area contributed by atoms with Gasteiger partial charge in [0.2, 0.25) is 0 Å². The number of esters is 1. The maximum atomic E-state index is 11.5. The van der Waals surface area contributed by atoms with Crippen molar-refractivity contribution in [1.82, 2.24) is 4.98 Å². The molecule has 1 N–H and O–H groups in total. The maximum Gasteiger partial charge on any atom is 0.350 e. The third-order valence-corrected chi connectivity index (χ3v) is 3.86. The van der Waals surface area contributed by atoms with Gasteiger partial charge < -0.3 is 10.1 Å². The predicted octanol–water partition coefficient (Wildman–Crippen LogP) is 3.54. The number of rotatable bonds is 4. The number of carbonyl (C=O) groups is 1. The van der Waals surface area contributed by atoms with E-state index in [1.807, 2.05) is 18.2 Å². The van der Waals surface area contributed by atoms with Gasteiger partial charge in [-0.15, -0.1) is 0 Å². The Morgan fingerprint density at radius 2 is 2.16 bits per heavy atom. The Morgan fingerprint density at radius 3 is 2.84 bits per heavy atom. The van der Waals surface area contributed by atoms with Crippen LogP contribution in [-0.2, 0) is 11.2 Å². The van der Waals surface area contributed by atoms with Gasteiger partial charge in [0.1, 0.15) is 4.88 Å². The minimum atomic E-state index is -0.341. The summed E-state index contributed by atoms with van der Waals surface area (Å²) in [6.45, 7) is 3.91. The third-order valence-electron chi connectivity index (χ3n) is 2.81. The molecule has 1 aromatic carbocycles. The van der Waals surface area contributed by atoms with Gasteiger partial charge in [0, 0.05) is 5.69 Å². The fourth-order valence-electron chi connectivity index (χ4n) is 1.80. The number of benzene rings is 1. The highest BCUT2D eigenvalue weighted by atomic mass is 32.1. The highest BCUT2D eigenvalue weighted by molar-refractivity contribution is 7.17. The van der Waals surface area contributed by atoms with Crippen LogP contribution in [0.15, 0.2) is 24.3 Å². The summed E-state index contributed by atoms with van der Waals surface area (Å²) in [5.41, 5.74) is 2.93. The largest absolute Gasteiger partial charge is 0.465 e. The quantitative estimate of drug-likeness (QED) is 0.868. The molecule has 0 aliphatic rings. The van der Waals surface area contributed by atoms with E-state index in [2.05, 4.69) is 23.3 Å². The van der Waals surface area contributed by atoms with Crippen LogP contribution < -0.4 is 5.32 Å². The zero-order valence-corrected chi connectivity index (χ0v) is 12.0. The lowest BCUT2D eigenvalue weighted by atomic mass is 10.1. The summed E-state index contributed by atoms with van der Waals surface area (Å²) in [6.07, 6.45) is 0.942. The molecule has 19 heavy (non-hydrogen) atoms. The van der Waals surface area contributed by atoms with E-state index in [1.54, 1.807) is 6.92 Å². The summed E-state index contributed by atoms with van der Waals surface area (Å²) < 4.78 is 4.73. The number of nitrogens with zero attached hydrogens (tertiary/aromatic N) is 1. The first-order chi connectivity index (χ1) is 9.15. The average Bonchev–Trinajstić information content (AvgIpc) is 2.79. The summed E-state index contributed by atoms with van der Waals surface area (Å²) in [6, 6.07) is 8.07. The molecular formula is C14H16N2O2S. The van der Waals surface area contributed by atoms with Gasteiger partial charge >= 0.3 is 5.97 Å². The molecule has 0 aliphatic carbocycles. The molecule has 0 saturated carbocycles. The molecule has 0 saturated heterocycles. The molecule has 0 amide bonds. The van der Waals surface area contributed by atoms with E-state index in [4.69, 9.17) is 4.74 Å². The monoisotopic (exact) mass is 276 g/mol. The molecule has 2 rings (SSSR count). The normalized spacial score (nSPS) is 10.3. The zero-order chi connectivity index (χ0) is 13.8. The number of para-hydroxylation sites is 1. The lowest BCUT2D eigenvalue weighted by molar-refractivity contribution is 0.0605. The van der Waals surface area contributed by atoms with Crippen LogP contribution in [0.4, 0.5) is 10.8 Å². The van der Waals surface area contributed by atoms with Gasteiger partial charge in [-0.1, -0.05) is 36.5 Å².